The molecule has 1 aliphatic heterocycles. The minimum absolute atomic E-state index is 0.0810. The second-order valence-corrected chi connectivity index (χ2v) is 5.51. The minimum Gasteiger partial charge on any atom is -0.337 e. The second-order valence-electron chi connectivity index (χ2n) is 5.51. The first-order valence-electron chi connectivity index (χ1n) is 7.40. The Balaban J connectivity index is 2.07. The summed E-state index contributed by atoms with van der Waals surface area (Å²) < 4.78 is 13.4. The van der Waals surface area contributed by atoms with E-state index in [0.717, 1.165) is 18.5 Å². The standard InChI is InChI=1S/C16H23FN2O/c1-3-19(11-15-6-4-5-7-18-15)16(20)13-8-12(2)9-14(17)10-13/h8-10,15,18H,3-7,11H2,1-2H3. The van der Waals surface area contributed by atoms with Crippen LogP contribution in [0.3, 0.4) is 0 Å². The fourth-order valence-electron chi connectivity index (χ4n) is 2.74. The van der Waals surface area contributed by atoms with Gasteiger partial charge in [-0.15, -0.1) is 0 Å². The highest BCUT2D eigenvalue weighted by Crippen LogP contribution is 2.14. The zero-order valence-electron chi connectivity index (χ0n) is 12.3. The third-order valence-corrected chi connectivity index (χ3v) is 3.81. The largest absolute Gasteiger partial charge is 0.337 e. The molecule has 1 saturated heterocycles. The van der Waals surface area contributed by atoms with E-state index < -0.39 is 0 Å². The van der Waals surface area contributed by atoms with Crippen molar-refractivity contribution in [2.75, 3.05) is 19.6 Å². The highest BCUT2D eigenvalue weighted by Gasteiger charge is 2.20. The second kappa shape index (κ2) is 6.84. The van der Waals surface area contributed by atoms with Crippen LogP contribution < -0.4 is 5.32 Å². The Morgan fingerprint density at radius 2 is 2.20 bits per heavy atom. The molecular weight excluding hydrogens is 255 g/mol. The Bertz CT molecular complexity index is 449. The van der Waals surface area contributed by atoms with Gasteiger partial charge in [0.1, 0.15) is 5.82 Å². The van der Waals surface area contributed by atoms with Crippen molar-refractivity contribution in [3.05, 3.63) is 35.1 Å². The van der Waals surface area contributed by atoms with Crippen LogP contribution in [-0.4, -0.2) is 36.5 Å². The van der Waals surface area contributed by atoms with Gasteiger partial charge in [0.15, 0.2) is 0 Å². The summed E-state index contributed by atoms with van der Waals surface area (Å²) in [5, 5.41) is 3.45. The van der Waals surface area contributed by atoms with Gasteiger partial charge in [-0.1, -0.05) is 6.42 Å². The van der Waals surface area contributed by atoms with Crippen molar-refractivity contribution in [1.82, 2.24) is 10.2 Å². The maximum absolute atomic E-state index is 13.4. The van der Waals surface area contributed by atoms with Gasteiger partial charge in [-0.05, 0) is 57.0 Å². The van der Waals surface area contributed by atoms with Crippen LogP contribution in [0.1, 0.15) is 42.1 Å². The van der Waals surface area contributed by atoms with Crippen molar-refractivity contribution < 1.29 is 9.18 Å². The molecule has 1 aromatic rings. The average Bonchev–Trinajstić information content (AvgIpc) is 2.44. The zero-order valence-corrected chi connectivity index (χ0v) is 12.3. The Hall–Kier alpha value is -1.42. The summed E-state index contributed by atoms with van der Waals surface area (Å²) in [7, 11) is 0. The lowest BCUT2D eigenvalue weighted by Crippen LogP contribution is -2.45. The highest BCUT2D eigenvalue weighted by atomic mass is 19.1. The molecule has 3 nitrogen and oxygen atoms in total. The first-order valence-corrected chi connectivity index (χ1v) is 7.40. The van der Waals surface area contributed by atoms with Gasteiger partial charge in [-0.25, -0.2) is 4.39 Å². The van der Waals surface area contributed by atoms with Crippen LogP contribution in [0.4, 0.5) is 4.39 Å². The zero-order chi connectivity index (χ0) is 14.5. The maximum Gasteiger partial charge on any atom is 0.254 e. The van der Waals surface area contributed by atoms with Gasteiger partial charge in [-0.3, -0.25) is 4.79 Å². The molecule has 0 aromatic heterocycles. The minimum atomic E-state index is -0.347. The molecule has 1 aliphatic rings. The van der Waals surface area contributed by atoms with Crippen LogP contribution in [0.15, 0.2) is 18.2 Å². The number of carbonyl (C=O) groups excluding carboxylic acids is 1. The van der Waals surface area contributed by atoms with Crippen LogP contribution >= 0.6 is 0 Å². The fourth-order valence-corrected chi connectivity index (χ4v) is 2.74. The summed E-state index contributed by atoms with van der Waals surface area (Å²) in [6.07, 6.45) is 3.52. The Morgan fingerprint density at radius 3 is 2.80 bits per heavy atom. The molecule has 1 aromatic carbocycles. The molecule has 2 rings (SSSR count). The molecule has 1 N–H and O–H groups in total. The van der Waals surface area contributed by atoms with Crippen LogP contribution in [0.25, 0.3) is 0 Å². The fraction of sp³-hybridized carbons (Fsp3) is 0.562. The number of amides is 1. The van der Waals surface area contributed by atoms with E-state index in [1.807, 2.05) is 6.92 Å². The lowest BCUT2D eigenvalue weighted by atomic mass is 10.0. The van der Waals surface area contributed by atoms with E-state index in [9.17, 15) is 9.18 Å². The number of hydrogen-bond donors (Lipinski definition) is 1. The van der Waals surface area contributed by atoms with Crippen molar-refractivity contribution in [2.24, 2.45) is 0 Å². The lowest BCUT2D eigenvalue weighted by molar-refractivity contribution is 0.0741. The molecule has 1 amide bonds. The number of hydrogen-bond acceptors (Lipinski definition) is 2. The Labute approximate surface area is 120 Å². The first-order chi connectivity index (χ1) is 9.60. The molecule has 0 radical (unpaired) electrons. The molecule has 0 saturated carbocycles. The average molecular weight is 278 g/mol. The molecular formula is C16H23FN2O. The predicted octanol–water partition coefficient (Wildman–Crippen LogP) is 2.74. The van der Waals surface area contributed by atoms with E-state index in [2.05, 4.69) is 5.32 Å². The van der Waals surface area contributed by atoms with Gasteiger partial charge in [0, 0.05) is 24.7 Å². The number of nitrogens with one attached hydrogen (secondary N) is 1. The van der Waals surface area contributed by atoms with E-state index in [1.54, 1.807) is 17.9 Å². The third kappa shape index (κ3) is 3.79. The van der Waals surface area contributed by atoms with E-state index >= 15 is 0 Å². The Morgan fingerprint density at radius 1 is 1.40 bits per heavy atom. The maximum atomic E-state index is 13.4. The van der Waals surface area contributed by atoms with Gasteiger partial charge in [0.25, 0.3) is 5.91 Å². The number of nitrogens with zero attached hydrogens (tertiary/aromatic N) is 1. The monoisotopic (exact) mass is 278 g/mol. The molecule has 1 fully saturated rings. The number of likely N-dealkylation sites (N-methyl/N-ethyl adjacent to an activating group) is 1. The number of piperidine rings is 1. The van der Waals surface area contributed by atoms with Gasteiger partial charge in [-0.2, -0.15) is 0 Å². The number of halogens is 1. The van der Waals surface area contributed by atoms with Crippen LogP contribution in [0.5, 0.6) is 0 Å². The van der Waals surface area contributed by atoms with Gasteiger partial charge in [0.05, 0.1) is 0 Å². The number of rotatable bonds is 4. The molecule has 1 atom stereocenters. The summed E-state index contributed by atoms with van der Waals surface area (Å²) in [5.74, 6) is -0.428. The summed E-state index contributed by atoms with van der Waals surface area (Å²) in [6.45, 7) is 6.14. The molecule has 1 unspecified atom stereocenters. The SMILES string of the molecule is CCN(CC1CCCCN1)C(=O)c1cc(C)cc(F)c1. The quantitative estimate of drug-likeness (QED) is 0.918. The molecule has 4 heteroatoms. The van der Waals surface area contributed by atoms with E-state index in [0.29, 0.717) is 24.7 Å². The molecule has 0 spiro atoms. The normalized spacial score (nSPS) is 18.9. The molecule has 20 heavy (non-hydrogen) atoms. The summed E-state index contributed by atoms with van der Waals surface area (Å²) in [6, 6.07) is 4.88. The van der Waals surface area contributed by atoms with Gasteiger partial charge in [0.2, 0.25) is 0 Å². The third-order valence-electron chi connectivity index (χ3n) is 3.81. The first kappa shape index (κ1) is 15.0. The highest BCUT2D eigenvalue weighted by molar-refractivity contribution is 5.94. The van der Waals surface area contributed by atoms with Crippen LogP contribution in [-0.2, 0) is 0 Å². The van der Waals surface area contributed by atoms with Crippen LogP contribution in [0.2, 0.25) is 0 Å². The number of aryl methyl sites for hydroxylation is 1. The molecule has 110 valence electrons. The topological polar surface area (TPSA) is 32.3 Å². The number of carbonyl (C=O) groups is 1. The Kier molecular flexibility index (Phi) is 5.12. The van der Waals surface area contributed by atoms with Crippen molar-refractivity contribution in [1.29, 1.82) is 0 Å². The smallest absolute Gasteiger partial charge is 0.254 e. The summed E-state index contributed by atoms with van der Waals surface area (Å²) >= 11 is 0. The van der Waals surface area contributed by atoms with Gasteiger partial charge < -0.3 is 10.2 Å². The van der Waals surface area contributed by atoms with Gasteiger partial charge >= 0.3 is 0 Å². The van der Waals surface area contributed by atoms with Crippen molar-refractivity contribution in [3.63, 3.8) is 0 Å². The van der Waals surface area contributed by atoms with Crippen molar-refractivity contribution in [2.45, 2.75) is 39.2 Å². The van der Waals surface area contributed by atoms with E-state index in [1.165, 1.54) is 25.0 Å². The number of benzene rings is 1. The predicted molar refractivity (Wildman–Crippen MR) is 78.4 cm³/mol. The van der Waals surface area contributed by atoms with E-state index in [4.69, 9.17) is 0 Å². The van der Waals surface area contributed by atoms with Crippen LogP contribution in [0, 0.1) is 12.7 Å². The summed E-state index contributed by atoms with van der Waals surface area (Å²) in [5.41, 5.74) is 1.22. The molecule has 0 bridgehead atoms. The molecule has 0 aliphatic carbocycles. The molecule has 1 heterocycles. The van der Waals surface area contributed by atoms with E-state index in [-0.39, 0.29) is 11.7 Å². The van der Waals surface area contributed by atoms with Crippen molar-refractivity contribution in [3.8, 4) is 0 Å². The summed E-state index contributed by atoms with van der Waals surface area (Å²) in [4.78, 5) is 14.3. The van der Waals surface area contributed by atoms with Crippen molar-refractivity contribution >= 4 is 5.91 Å². The lowest BCUT2D eigenvalue weighted by Gasteiger charge is -2.30.